The molecule has 0 spiro atoms. The van der Waals surface area contributed by atoms with Gasteiger partial charge in [-0.15, -0.1) is 0 Å². The summed E-state index contributed by atoms with van der Waals surface area (Å²) in [5.41, 5.74) is -5.42. The normalized spacial score (nSPS) is 17.8. The van der Waals surface area contributed by atoms with Crippen LogP contribution in [-0.4, -0.2) is 18.9 Å². The second-order valence-electron chi connectivity index (χ2n) is 4.61. The summed E-state index contributed by atoms with van der Waals surface area (Å²) in [4.78, 5) is 4.05. The second kappa shape index (κ2) is 3.96. The van der Waals surface area contributed by atoms with Crippen molar-refractivity contribution in [2.75, 3.05) is 0 Å². The Hall–Kier alpha value is -1.57. The lowest BCUT2D eigenvalue weighted by Gasteiger charge is -2.14. The molecule has 1 aliphatic carbocycles. The minimum Gasteiger partial charge on any atom is -0.376 e. The van der Waals surface area contributed by atoms with Gasteiger partial charge in [0.15, 0.2) is 0 Å². The molecule has 0 unspecified atom stereocenters. The Morgan fingerprint density at radius 3 is 2.53 bits per heavy atom. The molecule has 0 N–H and O–H groups in total. The van der Waals surface area contributed by atoms with Crippen molar-refractivity contribution in [2.45, 2.75) is 24.8 Å². The van der Waals surface area contributed by atoms with Gasteiger partial charge in [0.2, 0.25) is 0 Å². The summed E-state index contributed by atoms with van der Waals surface area (Å²) >= 11 is 0. The van der Waals surface area contributed by atoms with Crippen LogP contribution in [0.1, 0.15) is 25.1 Å². The number of aromatic nitrogens is 1. The van der Waals surface area contributed by atoms with E-state index in [4.69, 9.17) is 0 Å². The van der Waals surface area contributed by atoms with Crippen molar-refractivity contribution >= 4 is 15.9 Å². The van der Waals surface area contributed by atoms with Crippen molar-refractivity contribution in [2.24, 2.45) is 0 Å². The largest absolute Gasteiger partial charge is 0.534 e. The molecule has 1 aliphatic rings. The summed E-state index contributed by atoms with van der Waals surface area (Å²) in [5.74, 6) is -0.342. The fourth-order valence-electron chi connectivity index (χ4n) is 1.83. The van der Waals surface area contributed by atoms with Crippen molar-refractivity contribution in [3.8, 4) is 0 Å². The zero-order valence-electron chi connectivity index (χ0n) is 10.0. The summed E-state index contributed by atoms with van der Waals surface area (Å²) in [5, 5.41) is 0. The molecular weight excluding hydrogens is 283 g/mol. The van der Waals surface area contributed by atoms with Crippen LogP contribution in [0.25, 0.3) is 5.76 Å². The monoisotopic (exact) mass is 293 g/mol. The van der Waals surface area contributed by atoms with Gasteiger partial charge < -0.3 is 4.18 Å². The molecule has 0 aliphatic heterocycles. The Kier molecular flexibility index (Phi) is 2.89. The average Bonchev–Trinajstić information content (AvgIpc) is 2.49. The van der Waals surface area contributed by atoms with Gasteiger partial charge in [-0.1, -0.05) is 13.8 Å². The van der Waals surface area contributed by atoms with E-state index in [0.717, 1.165) is 0 Å². The third-order valence-corrected chi connectivity index (χ3v) is 3.62. The van der Waals surface area contributed by atoms with Gasteiger partial charge in [0.1, 0.15) is 5.76 Å². The van der Waals surface area contributed by atoms with Crippen LogP contribution in [0, 0.1) is 0 Å². The summed E-state index contributed by atoms with van der Waals surface area (Å²) < 4.78 is 63.1. The molecule has 0 aromatic carbocycles. The number of hydrogen-bond acceptors (Lipinski definition) is 4. The number of hydrogen-bond donors (Lipinski definition) is 0. The molecule has 19 heavy (non-hydrogen) atoms. The van der Waals surface area contributed by atoms with Gasteiger partial charge in [0.05, 0.1) is 5.69 Å². The molecule has 0 saturated carbocycles. The SMILES string of the molecule is CC1(C)C=C(OS(=O)(=O)C(F)(F)F)c2cccnc21. The lowest BCUT2D eigenvalue weighted by Crippen LogP contribution is -2.24. The highest BCUT2D eigenvalue weighted by atomic mass is 32.2. The van der Waals surface area contributed by atoms with Crippen LogP contribution in [0.4, 0.5) is 13.2 Å². The van der Waals surface area contributed by atoms with Crippen molar-refractivity contribution in [3.63, 3.8) is 0 Å². The van der Waals surface area contributed by atoms with E-state index in [1.54, 1.807) is 13.8 Å². The van der Waals surface area contributed by atoms with Crippen LogP contribution < -0.4 is 0 Å². The quantitative estimate of drug-likeness (QED) is 0.621. The van der Waals surface area contributed by atoms with E-state index in [9.17, 15) is 21.6 Å². The van der Waals surface area contributed by atoms with E-state index in [1.807, 2.05) is 0 Å². The van der Waals surface area contributed by atoms with Crippen molar-refractivity contribution in [1.29, 1.82) is 0 Å². The predicted molar refractivity (Wildman–Crippen MR) is 61.3 cm³/mol. The van der Waals surface area contributed by atoms with Crippen LogP contribution in [0.5, 0.6) is 0 Å². The van der Waals surface area contributed by atoms with Gasteiger partial charge in [0, 0.05) is 17.2 Å². The van der Waals surface area contributed by atoms with Gasteiger partial charge in [-0.05, 0) is 18.2 Å². The highest BCUT2D eigenvalue weighted by Gasteiger charge is 2.50. The molecule has 1 aromatic heterocycles. The fourth-order valence-corrected chi connectivity index (χ4v) is 2.29. The lowest BCUT2D eigenvalue weighted by molar-refractivity contribution is -0.0509. The number of halogens is 3. The Bertz CT molecular complexity index is 647. The molecule has 1 aromatic rings. The van der Waals surface area contributed by atoms with E-state index in [2.05, 4.69) is 9.17 Å². The maximum atomic E-state index is 12.3. The summed E-state index contributed by atoms with van der Waals surface area (Å²) in [6.07, 6.45) is 2.80. The van der Waals surface area contributed by atoms with Crippen molar-refractivity contribution in [1.82, 2.24) is 4.98 Å². The van der Waals surface area contributed by atoms with E-state index in [1.165, 1.54) is 24.4 Å². The zero-order valence-corrected chi connectivity index (χ0v) is 10.8. The highest BCUT2D eigenvalue weighted by Crippen LogP contribution is 2.41. The lowest BCUT2D eigenvalue weighted by atomic mass is 9.92. The first-order valence-corrected chi connectivity index (χ1v) is 6.65. The summed E-state index contributed by atoms with van der Waals surface area (Å²) in [6, 6.07) is 2.96. The number of fused-ring (bicyclic) bond motifs is 1. The summed E-state index contributed by atoms with van der Waals surface area (Å²) in [7, 11) is -5.67. The predicted octanol–water partition coefficient (Wildman–Crippen LogP) is 2.58. The molecule has 2 rings (SSSR count). The van der Waals surface area contributed by atoms with Crippen LogP contribution in [0.3, 0.4) is 0 Å². The molecule has 0 fully saturated rings. The van der Waals surface area contributed by atoms with Crippen LogP contribution in [0.2, 0.25) is 0 Å². The molecule has 1 heterocycles. The maximum Gasteiger partial charge on any atom is 0.534 e. The van der Waals surface area contributed by atoms with Gasteiger partial charge >= 0.3 is 15.6 Å². The first kappa shape index (κ1) is 13.9. The standard InChI is InChI=1S/C11H10F3NO3S/c1-10(2)6-8(7-4-3-5-15-9(7)10)18-19(16,17)11(12,13)14/h3-6H,1-2H3. The summed E-state index contributed by atoms with van der Waals surface area (Å²) in [6.45, 7) is 3.41. The maximum absolute atomic E-state index is 12.3. The van der Waals surface area contributed by atoms with Gasteiger partial charge in [-0.3, -0.25) is 4.98 Å². The molecule has 0 bridgehead atoms. The highest BCUT2D eigenvalue weighted by molar-refractivity contribution is 7.87. The van der Waals surface area contributed by atoms with Crippen LogP contribution in [-0.2, 0) is 19.7 Å². The minimum atomic E-state index is -5.67. The minimum absolute atomic E-state index is 0.250. The third kappa shape index (κ3) is 2.32. The smallest absolute Gasteiger partial charge is 0.376 e. The van der Waals surface area contributed by atoms with E-state index >= 15 is 0 Å². The molecule has 0 amide bonds. The number of allylic oxidation sites excluding steroid dienone is 1. The second-order valence-corrected chi connectivity index (χ2v) is 6.15. The number of rotatable bonds is 2. The first-order valence-electron chi connectivity index (χ1n) is 5.24. The molecule has 0 radical (unpaired) electrons. The molecule has 4 nitrogen and oxygen atoms in total. The van der Waals surface area contributed by atoms with E-state index < -0.39 is 21.0 Å². The molecule has 8 heteroatoms. The molecule has 0 atom stereocenters. The Morgan fingerprint density at radius 2 is 1.95 bits per heavy atom. The van der Waals surface area contributed by atoms with Gasteiger partial charge in [-0.25, -0.2) is 0 Å². The first-order chi connectivity index (χ1) is 8.55. The third-order valence-electron chi connectivity index (χ3n) is 2.66. The molecule has 104 valence electrons. The topological polar surface area (TPSA) is 56.3 Å². The van der Waals surface area contributed by atoms with Crippen LogP contribution in [0.15, 0.2) is 24.4 Å². The van der Waals surface area contributed by atoms with Gasteiger partial charge in [-0.2, -0.15) is 21.6 Å². The Labute approximate surface area is 108 Å². The number of alkyl halides is 3. The Balaban J connectivity index is 2.45. The van der Waals surface area contributed by atoms with E-state index in [-0.39, 0.29) is 11.3 Å². The molecular formula is C11H10F3NO3S. The number of pyridine rings is 1. The van der Waals surface area contributed by atoms with Crippen molar-refractivity contribution < 1.29 is 25.8 Å². The van der Waals surface area contributed by atoms with Crippen molar-refractivity contribution in [3.05, 3.63) is 35.7 Å². The average molecular weight is 293 g/mol. The fraction of sp³-hybridized carbons (Fsp3) is 0.364. The van der Waals surface area contributed by atoms with Crippen LogP contribution >= 0.6 is 0 Å². The van der Waals surface area contributed by atoms with Gasteiger partial charge in [0.25, 0.3) is 0 Å². The zero-order chi connectivity index (χ0) is 14.5. The van der Waals surface area contributed by atoms with E-state index in [0.29, 0.717) is 5.69 Å². The number of nitrogens with zero attached hydrogens (tertiary/aromatic N) is 1. The Morgan fingerprint density at radius 1 is 1.32 bits per heavy atom. The molecule has 0 saturated heterocycles.